The molecule has 0 aromatic heterocycles. The van der Waals surface area contributed by atoms with Gasteiger partial charge >= 0.3 is 0 Å². The van der Waals surface area contributed by atoms with E-state index in [1.807, 2.05) is 13.8 Å². The molecule has 0 unspecified atom stereocenters. The predicted octanol–water partition coefficient (Wildman–Crippen LogP) is 6.03. The van der Waals surface area contributed by atoms with Crippen molar-refractivity contribution in [1.29, 1.82) is 0 Å². The first kappa shape index (κ1) is 21.7. The van der Waals surface area contributed by atoms with Crippen molar-refractivity contribution in [2.75, 3.05) is 19.8 Å². The third-order valence-corrected chi connectivity index (χ3v) is 3.44. The maximum absolute atomic E-state index is 14.0. The minimum Gasteiger partial charge on any atom is -0.489 e. The lowest BCUT2D eigenvalue weighted by atomic mass is 10.2. The van der Waals surface area contributed by atoms with Crippen molar-refractivity contribution in [2.24, 2.45) is 5.16 Å². The number of nitrogens with zero attached hydrogens (tertiary/aromatic N) is 1. The maximum Gasteiger partial charge on any atom is 0.173 e. The monoisotopic (exact) mass is 439 g/mol. The molecule has 0 atom stereocenters. The van der Waals surface area contributed by atoms with Crippen LogP contribution in [0.5, 0.6) is 11.5 Å². The molecule has 4 nitrogen and oxygen atoms in total. The van der Waals surface area contributed by atoms with Gasteiger partial charge in [-0.05, 0) is 55.1 Å². The fourth-order valence-electron chi connectivity index (χ4n) is 1.75. The van der Waals surface area contributed by atoms with Crippen molar-refractivity contribution in [3.8, 4) is 11.5 Å². The topological polar surface area (TPSA) is 40.0 Å². The highest BCUT2D eigenvalue weighted by Gasteiger charge is 2.12. The number of unbranched alkanes of at least 4 members (excludes halogenated alkanes) is 2. The van der Waals surface area contributed by atoms with E-state index in [9.17, 15) is 8.78 Å². The molecule has 0 N–H and O–H groups in total. The number of halogens is 4. The zero-order chi connectivity index (χ0) is 18.7. The van der Waals surface area contributed by atoms with Crippen molar-refractivity contribution in [1.82, 2.24) is 0 Å². The van der Waals surface area contributed by atoms with Gasteiger partial charge in [0.2, 0.25) is 0 Å². The lowest BCUT2D eigenvalue weighted by Crippen LogP contribution is -2.02. The van der Waals surface area contributed by atoms with Crippen LogP contribution in [-0.2, 0) is 4.84 Å². The molecule has 0 aliphatic heterocycles. The molecule has 25 heavy (non-hydrogen) atoms. The van der Waals surface area contributed by atoms with Gasteiger partial charge in [0, 0.05) is 12.1 Å². The van der Waals surface area contributed by atoms with E-state index in [-0.39, 0.29) is 23.1 Å². The molecule has 0 spiro atoms. The van der Waals surface area contributed by atoms with E-state index < -0.39 is 10.6 Å². The summed E-state index contributed by atoms with van der Waals surface area (Å²) in [6.07, 6.45) is 3.60. The molecule has 0 aliphatic rings. The lowest BCUT2D eigenvalue weighted by Gasteiger charge is -2.11. The summed E-state index contributed by atoms with van der Waals surface area (Å²) in [7, 11) is 0. The quantitative estimate of drug-likeness (QED) is 0.240. The van der Waals surface area contributed by atoms with Crippen LogP contribution in [0.15, 0.2) is 28.1 Å². The Morgan fingerprint density at radius 2 is 1.92 bits per heavy atom. The molecule has 1 rings (SSSR count). The van der Waals surface area contributed by atoms with E-state index in [4.69, 9.17) is 25.9 Å². The summed E-state index contributed by atoms with van der Waals surface area (Å²) >= 11 is 8.64. The molecule has 0 radical (unpaired) electrons. The van der Waals surface area contributed by atoms with E-state index in [1.165, 1.54) is 6.07 Å². The molecule has 0 saturated heterocycles. The van der Waals surface area contributed by atoms with Crippen molar-refractivity contribution in [2.45, 2.75) is 33.1 Å². The lowest BCUT2D eigenvalue weighted by molar-refractivity contribution is 0.138. The van der Waals surface area contributed by atoms with Gasteiger partial charge in [0.05, 0.1) is 17.3 Å². The molecule has 1 aromatic carbocycles. The first-order valence-corrected chi connectivity index (χ1v) is 8.96. The number of hydrogen-bond acceptors (Lipinski definition) is 4. The Labute approximate surface area is 159 Å². The number of ether oxygens (including phenoxy) is 2. The van der Waals surface area contributed by atoms with Crippen LogP contribution >= 0.6 is 27.5 Å². The maximum atomic E-state index is 14.0. The standard InChI is InChI=1S/C17H21BrClF2NO3/c1-12(2)22-25-8-5-3-4-7-24-17-14(19)10-13(11-15(17)20)23-9-6-16(18)21/h6,10-11H,3-5,7-9H2,1-2H3/b16-6-. The summed E-state index contributed by atoms with van der Waals surface area (Å²) in [6.45, 7) is 4.55. The minimum atomic E-state index is -0.623. The highest BCUT2D eigenvalue weighted by atomic mass is 79.9. The second-order valence-electron chi connectivity index (χ2n) is 5.30. The minimum absolute atomic E-state index is 0.0151. The van der Waals surface area contributed by atoms with Gasteiger partial charge in [0.15, 0.2) is 16.3 Å². The van der Waals surface area contributed by atoms with Gasteiger partial charge in [0.25, 0.3) is 0 Å². The SMILES string of the molecule is CC(C)=NOCCCCCOc1c(F)cc(OC/C=C(\F)Br)cc1Cl. The van der Waals surface area contributed by atoms with Crippen LogP contribution < -0.4 is 9.47 Å². The highest BCUT2D eigenvalue weighted by Crippen LogP contribution is 2.32. The summed E-state index contributed by atoms with van der Waals surface area (Å²) < 4.78 is 36.5. The summed E-state index contributed by atoms with van der Waals surface area (Å²) in [5, 5.41) is 3.94. The van der Waals surface area contributed by atoms with Crippen LogP contribution in [0.25, 0.3) is 0 Å². The molecule has 0 bridgehead atoms. The molecular weight excluding hydrogens is 420 g/mol. The number of hydrogen-bond donors (Lipinski definition) is 0. The first-order valence-electron chi connectivity index (χ1n) is 7.79. The predicted molar refractivity (Wildman–Crippen MR) is 99.1 cm³/mol. The third-order valence-electron chi connectivity index (χ3n) is 2.83. The summed E-state index contributed by atoms with van der Waals surface area (Å²) in [4.78, 5) is 5.08. The average molecular weight is 441 g/mol. The van der Waals surface area contributed by atoms with Crippen molar-refractivity contribution < 1.29 is 23.1 Å². The molecular formula is C17H21BrClF2NO3. The molecule has 0 fully saturated rings. The summed E-state index contributed by atoms with van der Waals surface area (Å²) in [6, 6.07) is 2.58. The van der Waals surface area contributed by atoms with Gasteiger partial charge in [-0.3, -0.25) is 0 Å². The Balaban J connectivity index is 2.36. The molecule has 140 valence electrons. The van der Waals surface area contributed by atoms with Crippen molar-refractivity contribution >= 4 is 33.2 Å². The smallest absolute Gasteiger partial charge is 0.173 e. The second kappa shape index (κ2) is 12.1. The Bertz CT molecular complexity index is 581. The van der Waals surface area contributed by atoms with Gasteiger partial charge in [-0.25, -0.2) is 4.39 Å². The van der Waals surface area contributed by atoms with Crippen molar-refractivity contribution in [3.05, 3.63) is 33.8 Å². The Kier molecular flexibility index (Phi) is 10.5. The van der Waals surface area contributed by atoms with Gasteiger partial charge < -0.3 is 14.3 Å². The molecule has 1 aromatic rings. The van der Waals surface area contributed by atoms with Gasteiger partial charge in [0.1, 0.15) is 19.0 Å². The zero-order valence-electron chi connectivity index (χ0n) is 14.2. The molecule has 0 saturated carbocycles. The van der Waals surface area contributed by atoms with E-state index in [1.54, 1.807) is 0 Å². The Hall–Kier alpha value is -1.34. The number of oxime groups is 1. The molecule has 0 heterocycles. The number of benzene rings is 1. The van der Waals surface area contributed by atoms with Gasteiger partial charge in [-0.1, -0.05) is 16.8 Å². The van der Waals surface area contributed by atoms with Crippen LogP contribution in [0.1, 0.15) is 33.1 Å². The van der Waals surface area contributed by atoms with E-state index in [0.717, 1.165) is 37.1 Å². The fraction of sp³-hybridized carbons (Fsp3) is 0.471. The van der Waals surface area contributed by atoms with Crippen LogP contribution in [0.3, 0.4) is 0 Å². The highest BCUT2D eigenvalue weighted by molar-refractivity contribution is 9.11. The van der Waals surface area contributed by atoms with E-state index in [2.05, 4.69) is 21.1 Å². The third kappa shape index (κ3) is 9.65. The second-order valence-corrected chi connectivity index (χ2v) is 6.47. The molecule has 0 amide bonds. The van der Waals surface area contributed by atoms with Gasteiger partial charge in [-0.15, -0.1) is 0 Å². The van der Waals surface area contributed by atoms with Crippen LogP contribution in [0, 0.1) is 5.82 Å². The zero-order valence-corrected chi connectivity index (χ0v) is 16.5. The van der Waals surface area contributed by atoms with Crippen molar-refractivity contribution in [3.63, 3.8) is 0 Å². The largest absolute Gasteiger partial charge is 0.489 e. The first-order chi connectivity index (χ1) is 11.9. The van der Waals surface area contributed by atoms with E-state index in [0.29, 0.717) is 13.2 Å². The van der Waals surface area contributed by atoms with Crippen LogP contribution in [0.2, 0.25) is 5.02 Å². The fourth-order valence-corrected chi connectivity index (χ4v) is 2.14. The summed E-state index contributed by atoms with van der Waals surface area (Å²) in [5.74, 6) is -0.440. The average Bonchev–Trinajstić information content (AvgIpc) is 2.51. The number of rotatable bonds is 11. The molecule has 0 aliphatic carbocycles. The Morgan fingerprint density at radius 1 is 1.20 bits per heavy atom. The van der Waals surface area contributed by atoms with Crippen LogP contribution in [-0.4, -0.2) is 25.5 Å². The summed E-state index contributed by atoms with van der Waals surface area (Å²) in [5.41, 5.74) is 0.870. The Morgan fingerprint density at radius 3 is 2.56 bits per heavy atom. The van der Waals surface area contributed by atoms with Crippen LogP contribution in [0.4, 0.5) is 8.78 Å². The van der Waals surface area contributed by atoms with Gasteiger partial charge in [-0.2, -0.15) is 4.39 Å². The van der Waals surface area contributed by atoms with E-state index >= 15 is 0 Å². The molecule has 8 heteroatoms. The normalized spacial score (nSPS) is 11.2.